The summed E-state index contributed by atoms with van der Waals surface area (Å²) in [6, 6.07) is 18.6. The zero-order valence-electron chi connectivity index (χ0n) is 16.8. The average molecular weight is 436 g/mol. The van der Waals surface area contributed by atoms with Crippen molar-refractivity contribution >= 4 is 23.0 Å². The molecule has 0 amide bonds. The molecule has 0 saturated heterocycles. The number of carboxylic acids is 1. The molecule has 31 heavy (non-hydrogen) atoms. The summed E-state index contributed by atoms with van der Waals surface area (Å²) in [5.41, 5.74) is 3.53. The van der Waals surface area contributed by atoms with Crippen LogP contribution in [0, 0.1) is 6.92 Å². The zero-order valence-corrected chi connectivity index (χ0v) is 17.6. The fraction of sp³-hybridized carbons (Fsp3) is 0.174. The zero-order chi connectivity index (χ0) is 21.8. The van der Waals surface area contributed by atoms with Crippen LogP contribution in [0.15, 0.2) is 65.2 Å². The minimum Gasteiger partial charge on any atom is -0.477 e. The van der Waals surface area contributed by atoms with E-state index in [1.165, 1.54) is 11.3 Å². The first-order valence-corrected chi connectivity index (χ1v) is 10.5. The third kappa shape index (κ3) is 4.99. The van der Waals surface area contributed by atoms with Gasteiger partial charge in [0.2, 0.25) is 11.7 Å². The van der Waals surface area contributed by atoms with Gasteiger partial charge in [-0.1, -0.05) is 47.6 Å². The van der Waals surface area contributed by atoms with Gasteiger partial charge in [0.1, 0.15) is 4.88 Å². The van der Waals surface area contributed by atoms with Crippen LogP contribution < -0.4 is 5.32 Å². The van der Waals surface area contributed by atoms with Gasteiger partial charge in [-0.05, 0) is 36.2 Å². The Morgan fingerprint density at radius 3 is 2.71 bits per heavy atom. The van der Waals surface area contributed by atoms with E-state index < -0.39 is 12.1 Å². The van der Waals surface area contributed by atoms with E-state index in [2.05, 4.69) is 15.5 Å². The Morgan fingerprint density at radius 2 is 1.97 bits per heavy atom. The topological polar surface area (TPSA) is 108 Å². The Balaban J connectivity index is 1.46. The molecule has 2 aromatic heterocycles. The smallest absolute Gasteiger partial charge is 0.345 e. The number of nitrogens with one attached hydrogen (secondary N) is 1. The first-order chi connectivity index (χ1) is 15.0. The van der Waals surface area contributed by atoms with E-state index in [4.69, 9.17) is 9.63 Å². The molecule has 2 aromatic carbocycles. The molecule has 7 nitrogen and oxygen atoms in total. The monoisotopic (exact) mass is 435 g/mol. The summed E-state index contributed by atoms with van der Waals surface area (Å²) in [6.07, 6.45) is -0.482. The van der Waals surface area contributed by atoms with Crippen LogP contribution in [0.5, 0.6) is 0 Å². The summed E-state index contributed by atoms with van der Waals surface area (Å²) >= 11 is 1.25. The Morgan fingerprint density at radius 1 is 1.16 bits per heavy atom. The second-order valence-electron chi connectivity index (χ2n) is 7.10. The minimum absolute atomic E-state index is 0.234. The van der Waals surface area contributed by atoms with Gasteiger partial charge in [0, 0.05) is 22.7 Å². The molecule has 0 spiro atoms. The van der Waals surface area contributed by atoms with E-state index >= 15 is 0 Å². The number of hydrogen-bond acceptors (Lipinski definition) is 7. The van der Waals surface area contributed by atoms with Gasteiger partial charge in [0.05, 0.1) is 12.5 Å². The molecule has 1 unspecified atom stereocenters. The molecule has 0 aliphatic carbocycles. The van der Waals surface area contributed by atoms with E-state index in [-0.39, 0.29) is 6.42 Å². The summed E-state index contributed by atoms with van der Waals surface area (Å²) in [4.78, 5) is 16.7. The number of nitrogens with zero attached hydrogens (tertiary/aromatic N) is 2. The second-order valence-corrected chi connectivity index (χ2v) is 8.27. The Labute approximate surface area is 183 Å². The van der Waals surface area contributed by atoms with Gasteiger partial charge in [-0.3, -0.25) is 0 Å². The third-order valence-electron chi connectivity index (χ3n) is 4.84. The Bertz CT molecular complexity index is 1190. The second kappa shape index (κ2) is 9.11. The number of aromatic carboxylic acids is 1. The van der Waals surface area contributed by atoms with E-state index in [1.807, 2.05) is 61.5 Å². The number of anilines is 1. The Kier molecular flexibility index (Phi) is 6.11. The summed E-state index contributed by atoms with van der Waals surface area (Å²) in [5.74, 6) is -0.108. The molecule has 4 rings (SSSR count). The lowest BCUT2D eigenvalue weighted by atomic mass is 10.1. The summed E-state index contributed by atoms with van der Waals surface area (Å²) < 4.78 is 5.34. The highest BCUT2D eigenvalue weighted by molar-refractivity contribution is 7.13. The first-order valence-electron chi connectivity index (χ1n) is 9.72. The first kappa shape index (κ1) is 20.8. The number of carboxylic acid groups (broad SMARTS) is 1. The molecule has 0 fully saturated rings. The Hall–Kier alpha value is -3.49. The lowest BCUT2D eigenvalue weighted by molar-refractivity contribution is 0.0702. The van der Waals surface area contributed by atoms with Crippen LogP contribution in [0.2, 0.25) is 0 Å². The molecular formula is C23H21N3O4S. The fourth-order valence-corrected chi connectivity index (χ4v) is 3.92. The number of aliphatic hydroxyl groups is 1. The van der Waals surface area contributed by atoms with Gasteiger partial charge >= 0.3 is 5.97 Å². The summed E-state index contributed by atoms with van der Waals surface area (Å²) in [5, 5.41) is 26.8. The number of benzene rings is 2. The van der Waals surface area contributed by atoms with Crippen molar-refractivity contribution < 1.29 is 19.5 Å². The predicted molar refractivity (Wildman–Crippen MR) is 118 cm³/mol. The van der Waals surface area contributed by atoms with Crippen LogP contribution >= 0.6 is 11.3 Å². The normalized spacial score (nSPS) is 11.9. The number of aliphatic hydroxyl groups excluding tert-OH is 1. The molecule has 0 aliphatic rings. The van der Waals surface area contributed by atoms with Gasteiger partial charge < -0.3 is 20.1 Å². The summed E-state index contributed by atoms with van der Waals surface area (Å²) in [6.45, 7) is 2.50. The van der Waals surface area contributed by atoms with Crippen LogP contribution in [0.3, 0.4) is 0 Å². The maximum absolute atomic E-state index is 11.0. The van der Waals surface area contributed by atoms with Crippen molar-refractivity contribution in [3.8, 4) is 11.4 Å². The van der Waals surface area contributed by atoms with Gasteiger partial charge in [-0.2, -0.15) is 4.98 Å². The lowest BCUT2D eigenvalue weighted by Gasteiger charge is -2.09. The molecule has 8 heteroatoms. The molecule has 0 bridgehead atoms. The highest BCUT2D eigenvalue weighted by Crippen LogP contribution is 2.26. The molecule has 0 saturated carbocycles. The largest absolute Gasteiger partial charge is 0.477 e. The lowest BCUT2D eigenvalue weighted by Crippen LogP contribution is -2.02. The number of hydrogen-bond donors (Lipinski definition) is 3. The molecule has 4 aromatic rings. The van der Waals surface area contributed by atoms with Gasteiger partial charge in [0.15, 0.2) is 0 Å². The number of carbonyl (C=O) groups is 1. The van der Waals surface area contributed by atoms with E-state index in [0.29, 0.717) is 23.1 Å². The van der Waals surface area contributed by atoms with Gasteiger partial charge in [-0.25, -0.2) is 4.79 Å². The highest BCUT2D eigenvalue weighted by atomic mass is 32.1. The minimum atomic E-state index is -0.917. The fourth-order valence-electron chi connectivity index (χ4n) is 3.14. The highest BCUT2D eigenvalue weighted by Gasteiger charge is 2.15. The van der Waals surface area contributed by atoms with Gasteiger partial charge in [0.25, 0.3) is 0 Å². The van der Waals surface area contributed by atoms with Gasteiger partial charge in [-0.15, -0.1) is 11.3 Å². The number of aryl methyl sites for hydroxylation is 1. The van der Waals surface area contributed by atoms with Crippen molar-refractivity contribution in [2.24, 2.45) is 0 Å². The van der Waals surface area contributed by atoms with Crippen LogP contribution in [0.25, 0.3) is 11.4 Å². The number of aromatic nitrogens is 2. The van der Waals surface area contributed by atoms with Crippen molar-refractivity contribution in [1.82, 2.24) is 10.1 Å². The van der Waals surface area contributed by atoms with Crippen molar-refractivity contribution in [1.29, 1.82) is 0 Å². The van der Waals surface area contributed by atoms with E-state index in [1.54, 1.807) is 6.07 Å². The van der Waals surface area contributed by atoms with E-state index in [0.717, 1.165) is 27.3 Å². The SMILES string of the molecule is Cc1ccc(-c2noc(CC(O)c3ccccc3)n2)cc1NCc1ccc(C(=O)O)s1. The summed E-state index contributed by atoms with van der Waals surface area (Å²) in [7, 11) is 0. The molecule has 158 valence electrons. The third-order valence-corrected chi connectivity index (χ3v) is 5.91. The molecule has 0 aliphatic heterocycles. The molecule has 3 N–H and O–H groups in total. The number of thiophene rings is 1. The van der Waals surface area contributed by atoms with E-state index in [9.17, 15) is 9.90 Å². The van der Waals surface area contributed by atoms with Crippen LogP contribution in [0.4, 0.5) is 5.69 Å². The average Bonchev–Trinajstić information content (AvgIpc) is 3.44. The van der Waals surface area contributed by atoms with Crippen LogP contribution in [0.1, 0.15) is 37.7 Å². The number of rotatable bonds is 8. The quantitative estimate of drug-likeness (QED) is 0.368. The molecular weight excluding hydrogens is 414 g/mol. The molecule has 0 radical (unpaired) electrons. The predicted octanol–water partition coefficient (Wildman–Crippen LogP) is 4.69. The molecule has 2 heterocycles. The standard InChI is InChI=1S/C23H21N3O4S/c1-14-7-8-16(11-18(14)24-13-17-9-10-20(31-17)23(28)29)22-25-21(30-26-22)12-19(27)15-5-3-2-4-6-15/h2-11,19,24,27H,12-13H2,1H3,(H,28,29). The van der Waals surface area contributed by atoms with Crippen molar-refractivity contribution in [2.45, 2.75) is 26.0 Å². The van der Waals surface area contributed by atoms with Crippen LogP contribution in [-0.2, 0) is 13.0 Å². The van der Waals surface area contributed by atoms with Crippen molar-refractivity contribution in [3.05, 3.63) is 87.4 Å². The maximum atomic E-state index is 11.0. The van der Waals surface area contributed by atoms with Crippen LogP contribution in [-0.4, -0.2) is 26.3 Å². The van der Waals surface area contributed by atoms with Crippen molar-refractivity contribution in [2.75, 3.05) is 5.32 Å². The van der Waals surface area contributed by atoms with Crippen molar-refractivity contribution in [3.63, 3.8) is 0 Å². The maximum Gasteiger partial charge on any atom is 0.345 e. The molecule has 1 atom stereocenters.